The van der Waals surface area contributed by atoms with Crippen LogP contribution in [0.4, 0.5) is 0 Å². The van der Waals surface area contributed by atoms with Crippen molar-refractivity contribution in [3.8, 4) is 17.2 Å². The van der Waals surface area contributed by atoms with Crippen LogP contribution >= 0.6 is 11.8 Å². The lowest BCUT2D eigenvalue weighted by Crippen LogP contribution is -2.22. The molecule has 0 heterocycles. The van der Waals surface area contributed by atoms with Gasteiger partial charge in [0.15, 0.2) is 11.5 Å². The number of aromatic hydroxyl groups is 3. The molecule has 0 radical (unpaired) electrons. The third kappa shape index (κ3) is 4.02. The van der Waals surface area contributed by atoms with Crippen LogP contribution in [0, 0.1) is 5.92 Å². The SMILES string of the molecule is CSCC(C)CNCc1ccc(O)c(O)c1O. The maximum atomic E-state index is 9.59. The highest BCUT2D eigenvalue weighted by molar-refractivity contribution is 7.98. The molecule has 1 atom stereocenters. The van der Waals surface area contributed by atoms with Crippen LogP contribution in [0.3, 0.4) is 0 Å². The van der Waals surface area contributed by atoms with E-state index in [0.717, 1.165) is 12.3 Å². The Labute approximate surface area is 106 Å². The van der Waals surface area contributed by atoms with E-state index >= 15 is 0 Å². The zero-order valence-electron chi connectivity index (χ0n) is 10.1. The zero-order valence-corrected chi connectivity index (χ0v) is 10.9. The van der Waals surface area contributed by atoms with Crippen molar-refractivity contribution in [2.24, 2.45) is 5.92 Å². The Hall–Kier alpha value is -1.07. The summed E-state index contributed by atoms with van der Waals surface area (Å²) in [5, 5.41) is 31.3. The van der Waals surface area contributed by atoms with E-state index in [2.05, 4.69) is 18.5 Å². The molecule has 0 spiro atoms. The average molecular weight is 257 g/mol. The molecule has 1 rings (SSSR count). The van der Waals surface area contributed by atoms with E-state index in [1.165, 1.54) is 6.07 Å². The lowest BCUT2D eigenvalue weighted by Gasteiger charge is -2.12. The highest BCUT2D eigenvalue weighted by Crippen LogP contribution is 2.36. The topological polar surface area (TPSA) is 72.7 Å². The molecule has 0 aliphatic carbocycles. The number of hydrogen-bond donors (Lipinski definition) is 4. The molecule has 5 heteroatoms. The van der Waals surface area contributed by atoms with Gasteiger partial charge in [-0.1, -0.05) is 13.0 Å². The number of phenols is 3. The Bertz CT molecular complexity index is 371. The van der Waals surface area contributed by atoms with Crippen LogP contribution in [0.2, 0.25) is 0 Å². The summed E-state index contributed by atoms with van der Waals surface area (Å²) >= 11 is 1.80. The van der Waals surface area contributed by atoms with Gasteiger partial charge in [-0.15, -0.1) is 0 Å². The van der Waals surface area contributed by atoms with Crippen LogP contribution in [-0.4, -0.2) is 33.9 Å². The van der Waals surface area contributed by atoms with Crippen molar-refractivity contribution in [1.29, 1.82) is 0 Å². The maximum absolute atomic E-state index is 9.59. The Kier molecular flexibility index (Phi) is 5.44. The van der Waals surface area contributed by atoms with Gasteiger partial charge in [-0.25, -0.2) is 0 Å². The maximum Gasteiger partial charge on any atom is 0.200 e. The summed E-state index contributed by atoms with van der Waals surface area (Å²) < 4.78 is 0. The van der Waals surface area contributed by atoms with Crippen molar-refractivity contribution < 1.29 is 15.3 Å². The van der Waals surface area contributed by atoms with Crippen molar-refractivity contribution in [2.45, 2.75) is 13.5 Å². The molecule has 0 fully saturated rings. The standard InChI is InChI=1S/C12H19NO3S/c1-8(7-17-2)5-13-6-9-3-4-10(14)12(16)11(9)15/h3-4,8,13-16H,5-7H2,1-2H3. The van der Waals surface area contributed by atoms with Crippen LogP contribution < -0.4 is 5.32 Å². The fourth-order valence-electron chi connectivity index (χ4n) is 1.55. The fraction of sp³-hybridized carbons (Fsp3) is 0.500. The van der Waals surface area contributed by atoms with Gasteiger partial charge < -0.3 is 20.6 Å². The normalized spacial score (nSPS) is 12.6. The van der Waals surface area contributed by atoms with E-state index in [0.29, 0.717) is 18.0 Å². The molecular weight excluding hydrogens is 238 g/mol. The van der Waals surface area contributed by atoms with Gasteiger partial charge >= 0.3 is 0 Å². The van der Waals surface area contributed by atoms with Crippen molar-refractivity contribution >= 4 is 11.8 Å². The minimum absolute atomic E-state index is 0.255. The Morgan fingerprint density at radius 1 is 1.24 bits per heavy atom. The van der Waals surface area contributed by atoms with Crippen molar-refractivity contribution in [1.82, 2.24) is 5.32 Å². The lowest BCUT2D eigenvalue weighted by molar-refractivity contribution is 0.363. The van der Waals surface area contributed by atoms with E-state index in [9.17, 15) is 15.3 Å². The van der Waals surface area contributed by atoms with Gasteiger partial charge in [-0.3, -0.25) is 0 Å². The fourth-order valence-corrected chi connectivity index (χ4v) is 2.24. The molecule has 96 valence electrons. The summed E-state index contributed by atoms with van der Waals surface area (Å²) in [6, 6.07) is 2.97. The molecule has 0 bridgehead atoms. The summed E-state index contributed by atoms with van der Waals surface area (Å²) in [7, 11) is 0. The largest absolute Gasteiger partial charge is 0.504 e. The molecule has 0 saturated carbocycles. The second-order valence-corrected chi connectivity index (χ2v) is 5.04. The lowest BCUT2D eigenvalue weighted by atomic mass is 10.1. The van der Waals surface area contributed by atoms with Gasteiger partial charge in [0, 0.05) is 12.1 Å². The van der Waals surface area contributed by atoms with Gasteiger partial charge in [0.2, 0.25) is 5.75 Å². The third-order valence-corrected chi connectivity index (χ3v) is 3.38. The second kappa shape index (κ2) is 6.61. The number of benzene rings is 1. The summed E-state index contributed by atoms with van der Waals surface area (Å²) in [6.45, 7) is 3.47. The smallest absolute Gasteiger partial charge is 0.200 e. The molecule has 0 amide bonds. The van der Waals surface area contributed by atoms with Gasteiger partial charge in [0.25, 0.3) is 0 Å². The molecule has 1 aromatic carbocycles. The van der Waals surface area contributed by atoms with E-state index in [1.54, 1.807) is 17.8 Å². The first-order valence-electron chi connectivity index (χ1n) is 5.48. The molecular formula is C12H19NO3S. The summed E-state index contributed by atoms with van der Waals surface area (Å²) in [4.78, 5) is 0. The molecule has 1 unspecified atom stereocenters. The van der Waals surface area contributed by atoms with Gasteiger partial charge in [0.05, 0.1) is 0 Å². The predicted molar refractivity (Wildman–Crippen MR) is 70.7 cm³/mol. The first-order valence-corrected chi connectivity index (χ1v) is 6.88. The molecule has 4 N–H and O–H groups in total. The minimum atomic E-state index is -0.457. The number of nitrogens with one attached hydrogen (secondary N) is 1. The monoisotopic (exact) mass is 257 g/mol. The first-order chi connectivity index (χ1) is 8.06. The minimum Gasteiger partial charge on any atom is -0.504 e. The Balaban J connectivity index is 2.50. The van der Waals surface area contributed by atoms with E-state index in [1.807, 2.05) is 0 Å². The Morgan fingerprint density at radius 3 is 2.59 bits per heavy atom. The number of thioether (sulfide) groups is 1. The summed E-state index contributed by atoms with van der Waals surface area (Å²) in [5.41, 5.74) is 0.580. The van der Waals surface area contributed by atoms with Crippen LogP contribution in [-0.2, 0) is 6.54 Å². The van der Waals surface area contributed by atoms with Gasteiger partial charge in [0.1, 0.15) is 0 Å². The number of hydrogen-bond acceptors (Lipinski definition) is 5. The van der Waals surface area contributed by atoms with Gasteiger partial charge in [-0.2, -0.15) is 11.8 Å². The molecule has 0 aliphatic heterocycles. The van der Waals surface area contributed by atoms with E-state index in [4.69, 9.17) is 0 Å². The highest BCUT2D eigenvalue weighted by atomic mass is 32.2. The number of phenolic OH excluding ortho intramolecular Hbond substituents is 3. The average Bonchev–Trinajstić information content (AvgIpc) is 2.29. The zero-order chi connectivity index (χ0) is 12.8. The Morgan fingerprint density at radius 2 is 1.94 bits per heavy atom. The summed E-state index contributed by atoms with van der Waals surface area (Å²) in [6.07, 6.45) is 2.07. The van der Waals surface area contributed by atoms with Crippen molar-refractivity contribution in [3.63, 3.8) is 0 Å². The van der Waals surface area contributed by atoms with Crippen LogP contribution in [0.15, 0.2) is 12.1 Å². The quantitative estimate of drug-likeness (QED) is 0.586. The third-order valence-electron chi connectivity index (χ3n) is 2.47. The number of rotatable bonds is 6. The van der Waals surface area contributed by atoms with Crippen molar-refractivity contribution in [2.75, 3.05) is 18.6 Å². The molecule has 17 heavy (non-hydrogen) atoms. The summed E-state index contributed by atoms with van der Waals surface area (Å²) in [5.74, 6) is 0.621. The first kappa shape index (κ1) is 14.0. The second-order valence-electron chi connectivity index (χ2n) is 4.13. The van der Waals surface area contributed by atoms with Crippen molar-refractivity contribution in [3.05, 3.63) is 17.7 Å². The molecule has 0 saturated heterocycles. The van der Waals surface area contributed by atoms with E-state index in [-0.39, 0.29) is 11.5 Å². The predicted octanol–water partition coefficient (Wildman–Crippen LogP) is 1.89. The molecule has 1 aromatic rings. The van der Waals surface area contributed by atoms with E-state index < -0.39 is 5.75 Å². The van der Waals surface area contributed by atoms with Crippen LogP contribution in [0.5, 0.6) is 17.2 Å². The molecule has 4 nitrogen and oxygen atoms in total. The molecule has 0 aromatic heterocycles. The highest BCUT2D eigenvalue weighted by Gasteiger charge is 2.10. The van der Waals surface area contributed by atoms with Crippen LogP contribution in [0.1, 0.15) is 12.5 Å². The molecule has 0 aliphatic rings. The van der Waals surface area contributed by atoms with Gasteiger partial charge in [-0.05, 0) is 30.5 Å². The van der Waals surface area contributed by atoms with Crippen LogP contribution in [0.25, 0.3) is 0 Å².